The number of hydrogen-bond acceptors (Lipinski definition) is 4. The number of amides is 1. The topological polar surface area (TPSA) is 88.2 Å². The molecule has 0 spiro atoms. The molecule has 1 heterocycles. The lowest BCUT2D eigenvalue weighted by atomic mass is 10.1. The molecule has 0 unspecified atom stereocenters. The molecule has 0 bridgehead atoms. The fourth-order valence-electron chi connectivity index (χ4n) is 1.49. The highest BCUT2D eigenvalue weighted by molar-refractivity contribution is 5.92. The Kier molecular flexibility index (Phi) is 3.43. The van der Waals surface area contributed by atoms with E-state index in [-0.39, 0.29) is 23.9 Å². The second kappa shape index (κ2) is 5.18. The van der Waals surface area contributed by atoms with Crippen LogP contribution in [0.3, 0.4) is 0 Å². The Bertz CT molecular complexity index is 552. The Labute approximate surface area is 104 Å². The summed E-state index contributed by atoms with van der Waals surface area (Å²) in [7, 11) is 0. The van der Waals surface area contributed by atoms with Gasteiger partial charge in [-0.15, -0.1) is 0 Å². The molecule has 4 N–H and O–H groups in total. The zero-order valence-electron chi connectivity index (χ0n) is 9.63. The maximum Gasteiger partial charge on any atom is 0.230 e. The molecule has 1 amide bonds. The molecule has 0 saturated carbocycles. The fourth-order valence-corrected chi connectivity index (χ4v) is 1.49. The lowest BCUT2D eigenvalue weighted by Crippen LogP contribution is -2.15. The van der Waals surface area contributed by atoms with Gasteiger partial charge in [0, 0.05) is 11.9 Å². The summed E-state index contributed by atoms with van der Waals surface area (Å²) in [6, 6.07) is 10.1. The van der Waals surface area contributed by atoms with E-state index in [0.717, 1.165) is 5.56 Å². The molecule has 5 nitrogen and oxygen atoms in total. The summed E-state index contributed by atoms with van der Waals surface area (Å²) in [4.78, 5) is 15.6. The first kappa shape index (κ1) is 11.9. The van der Waals surface area contributed by atoms with Gasteiger partial charge in [0.15, 0.2) is 11.6 Å². The van der Waals surface area contributed by atoms with Crippen LogP contribution in [0.4, 0.5) is 11.5 Å². The molecule has 5 heteroatoms. The van der Waals surface area contributed by atoms with E-state index < -0.39 is 0 Å². The number of nitrogen functional groups attached to an aromatic ring is 1. The predicted molar refractivity (Wildman–Crippen MR) is 69.1 cm³/mol. The van der Waals surface area contributed by atoms with Crippen LogP contribution in [0, 0.1) is 0 Å². The van der Waals surface area contributed by atoms with E-state index in [9.17, 15) is 9.90 Å². The molecule has 92 valence electrons. The summed E-state index contributed by atoms with van der Waals surface area (Å²) in [6.45, 7) is 0. The number of rotatable bonds is 3. The molecule has 18 heavy (non-hydrogen) atoms. The third-order valence-corrected chi connectivity index (χ3v) is 2.39. The second-order valence-electron chi connectivity index (χ2n) is 3.84. The van der Waals surface area contributed by atoms with Crippen molar-refractivity contribution >= 4 is 17.4 Å². The molecule has 0 fully saturated rings. The van der Waals surface area contributed by atoms with Gasteiger partial charge >= 0.3 is 0 Å². The van der Waals surface area contributed by atoms with Gasteiger partial charge in [0.1, 0.15) is 0 Å². The Hall–Kier alpha value is -2.56. The molecular formula is C13H13N3O2. The Morgan fingerprint density at radius 3 is 2.67 bits per heavy atom. The van der Waals surface area contributed by atoms with E-state index in [2.05, 4.69) is 10.3 Å². The molecule has 0 atom stereocenters. The smallest absolute Gasteiger partial charge is 0.230 e. The van der Waals surface area contributed by atoms with Gasteiger partial charge in [-0.25, -0.2) is 4.98 Å². The number of anilines is 2. The average molecular weight is 243 g/mol. The number of aromatic hydroxyl groups is 1. The van der Waals surface area contributed by atoms with Crippen LogP contribution in [0.15, 0.2) is 42.6 Å². The van der Waals surface area contributed by atoms with Crippen LogP contribution in [-0.2, 0) is 11.2 Å². The summed E-state index contributed by atoms with van der Waals surface area (Å²) in [5, 5.41) is 12.0. The van der Waals surface area contributed by atoms with E-state index in [4.69, 9.17) is 5.73 Å². The summed E-state index contributed by atoms with van der Waals surface area (Å²) in [6.07, 6.45) is 1.70. The largest absolute Gasteiger partial charge is 0.504 e. The minimum absolute atomic E-state index is 0.0526. The van der Waals surface area contributed by atoms with Gasteiger partial charge in [0.25, 0.3) is 0 Å². The number of hydrogen-bond donors (Lipinski definition) is 3. The molecule has 0 aliphatic carbocycles. The van der Waals surface area contributed by atoms with Gasteiger partial charge < -0.3 is 16.2 Å². The Balaban J connectivity index is 2.01. The van der Waals surface area contributed by atoms with E-state index in [1.165, 1.54) is 12.3 Å². The first-order valence-electron chi connectivity index (χ1n) is 5.43. The van der Waals surface area contributed by atoms with E-state index >= 15 is 0 Å². The van der Waals surface area contributed by atoms with Crippen LogP contribution >= 0.6 is 0 Å². The zero-order chi connectivity index (χ0) is 13.0. The molecular weight excluding hydrogens is 230 g/mol. The van der Waals surface area contributed by atoms with Crippen molar-refractivity contribution < 1.29 is 9.90 Å². The first-order chi connectivity index (χ1) is 8.65. The van der Waals surface area contributed by atoms with E-state index in [0.29, 0.717) is 5.69 Å². The van der Waals surface area contributed by atoms with Crippen LogP contribution < -0.4 is 11.1 Å². The van der Waals surface area contributed by atoms with Gasteiger partial charge in [-0.3, -0.25) is 4.79 Å². The molecule has 2 aromatic rings. The Morgan fingerprint density at radius 1 is 1.28 bits per heavy atom. The zero-order valence-corrected chi connectivity index (χ0v) is 9.63. The summed E-state index contributed by atoms with van der Waals surface area (Å²) in [5.41, 5.74) is 7.06. The van der Waals surface area contributed by atoms with Crippen molar-refractivity contribution in [1.29, 1.82) is 0 Å². The summed E-state index contributed by atoms with van der Waals surface area (Å²) >= 11 is 0. The quantitative estimate of drug-likeness (QED) is 0.714. The normalized spacial score (nSPS) is 10.0. The highest BCUT2D eigenvalue weighted by Crippen LogP contribution is 2.18. The Morgan fingerprint density at radius 2 is 2.00 bits per heavy atom. The van der Waals surface area contributed by atoms with Gasteiger partial charge in [-0.05, 0) is 29.8 Å². The fraction of sp³-hybridized carbons (Fsp3) is 0.0769. The first-order valence-corrected chi connectivity index (χ1v) is 5.43. The van der Waals surface area contributed by atoms with Crippen molar-refractivity contribution in [1.82, 2.24) is 4.98 Å². The lowest BCUT2D eigenvalue weighted by Gasteiger charge is -2.06. The van der Waals surface area contributed by atoms with Crippen LogP contribution in [0.2, 0.25) is 0 Å². The molecule has 0 saturated heterocycles. The number of aromatic nitrogens is 1. The molecule has 0 aliphatic heterocycles. The average Bonchev–Trinajstić information content (AvgIpc) is 2.35. The van der Waals surface area contributed by atoms with Crippen LogP contribution in [0.5, 0.6) is 5.75 Å². The van der Waals surface area contributed by atoms with Crippen molar-refractivity contribution in [3.8, 4) is 5.75 Å². The maximum atomic E-state index is 11.7. The number of carbonyl (C=O) groups excluding carboxylic acids is 1. The third kappa shape index (κ3) is 2.98. The molecule has 1 aromatic carbocycles. The number of nitrogens with two attached hydrogens (primary N) is 1. The van der Waals surface area contributed by atoms with Crippen molar-refractivity contribution in [3.63, 3.8) is 0 Å². The maximum absolute atomic E-state index is 11.7. The molecule has 1 aromatic heterocycles. The summed E-state index contributed by atoms with van der Waals surface area (Å²) < 4.78 is 0. The van der Waals surface area contributed by atoms with Gasteiger partial charge in [-0.1, -0.05) is 12.1 Å². The third-order valence-electron chi connectivity index (χ3n) is 2.39. The van der Waals surface area contributed by atoms with Gasteiger partial charge in [0.2, 0.25) is 5.91 Å². The van der Waals surface area contributed by atoms with Crippen molar-refractivity contribution in [3.05, 3.63) is 48.2 Å². The molecule has 0 radical (unpaired) electrons. The highest BCUT2D eigenvalue weighted by Gasteiger charge is 2.07. The SMILES string of the molecule is Nc1ccc(CC(=O)Nc2ncccc2O)cc1. The lowest BCUT2D eigenvalue weighted by molar-refractivity contribution is -0.115. The highest BCUT2D eigenvalue weighted by atomic mass is 16.3. The van der Waals surface area contributed by atoms with Gasteiger partial charge in [0.05, 0.1) is 6.42 Å². The monoisotopic (exact) mass is 243 g/mol. The second-order valence-corrected chi connectivity index (χ2v) is 3.84. The number of nitrogens with one attached hydrogen (secondary N) is 1. The van der Waals surface area contributed by atoms with Gasteiger partial charge in [-0.2, -0.15) is 0 Å². The number of carbonyl (C=O) groups is 1. The van der Waals surface area contributed by atoms with Crippen LogP contribution in [0.25, 0.3) is 0 Å². The van der Waals surface area contributed by atoms with Crippen molar-refractivity contribution in [2.24, 2.45) is 0 Å². The number of nitrogens with zero attached hydrogens (tertiary/aromatic N) is 1. The summed E-state index contributed by atoms with van der Waals surface area (Å²) in [5.74, 6) is -0.130. The minimum Gasteiger partial charge on any atom is -0.504 e. The van der Waals surface area contributed by atoms with Crippen molar-refractivity contribution in [2.75, 3.05) is 11.1 Å². The van der Waals surface area contributed by atoms with Crippen LogP contribution in [0.1, 0.15) is 5.56 Å². The molecule has 0 aliphatic rings. The number of pyridine rings is 1. The standard InChI is InChI=1S/C13H13N3O2/c14-10-5-3-9(4-6-10)8-12(18)16-13-11(17)2-1-7-15-13/h1-7,17H,8,14H2,(H,15,16,18). The van der Waals surface area contributed by atoms with E-state index in [1.54, 1.807) is 30.3 Å². The van der Waals surface area contributed by atoms with Crippen LogP contribution in [-0.4, -0.2) is 16.0 Å². The number of benzene rings is 1. The van der Waals surface area contributed by atoms with Crippen molar-refractivity contribution in [2.45, 2.75) is 6.42 Å². The van der Waals surface area contributed by atoms with E-state index in [1.807, 2.05) is 0 Å². The minimum atomic E-state index is -0.242. The predicted octanol–water partition coefficient (Wildman–Crippen LogP) is 1.55. The molecule has 2 rings (SSSR count).